The summed E-state index contributed by atoms with van der Waals surface area (Å²) in [5.41, 5.74) is 0.265. The van der Waals surface area contributed by atoms with E-state index in [0.717, 1.165) is 0 Å². The molecule has 2 rings (SSSR count). The number of phenols is 1. The number of benzene rings is 1. The maximum Gasteiger partial charge on any atom is 0.314 e. The predicted octanol–water partition coefficient (Wildman–Crippen LogP) is 3.39. The Morgan fingerprint density at radius 1 is 1.20 bits per heavy atom. The molecule has 2 aromatic rings. The molecule has 0 aliphatic carbocycles. The summed E-state index contributed by atoms with van der Waals surface area (Å²) in [6.07, 6.45) is -0.109. The Bertz CT molecular complexity index is 738. The molecule has 0 saturated carbocycles. The van der Waals surface area contributed by atoms with Gasteiger partial charge in [-0.05, 0) is 24.4 Å². The Morgan fingerprint density at radius 3 is 2.44 bits per heavy atom. The van der Waals surface area contributed by atoms with E-state index in [2.05, 4.69) is 0 Å². The summed E-state index contributed by atoms with van der Waals surface area (Å²) in [6, 6.07) is 6.32. The van der Waals surface area contributed by atoms with Crippen molar-refractivity contribution >= 4 is 23.1 Å². The van der Waals surface area contributed by atoms with Crippen LogP contribution < -0.4 is 9.47 Å². The maximum absolute atomic E-state index is 12.5. The fraction of sp³-hybridized carbons (Fsp3) is 0.333. The second-order valence-electron chi connectivity index (χ2n) is 5.18. The fourth-order valence-electron chi connectivity index (χ4n) is 2.45. The fourth-order valence-corrected chi connectivity index (χ4v) is 3.13. The molecule has 0 spiro atoms. The summed E-state index contributed by atoms with van der Waals surface area (Å²) in [7, 11) is 2.90. The Kier molecular flexibility index (Phi) is 6.41. The largest absolute Gasteiger partial charge is 0.507 e. The minimum absolute atomic E-state index is 0.109. The van der Waals surface area contributed by atoms with Crippen LogP contribution >= 0.6 is 11.3 Å². The zero-order valence-electron chi connectivity index (χ0n) is 14.3. The highest BCUT2D eigenvalue weighted by Gasteiger charge is 2.29. The third-order valence-electron chi connectivity index (χ3n) is 3.66. The van der Waals surface area contributed by atoms with Gasteiger partial charge in [0.15, 0.2) is 17.3 Å². The molecule has 1 aromatic heterocycles. The molecule has 0 aliphatic rings. The number of esters is 1. The van der Waals surface area contributed by atoms with Crippen molar-refractivity contribution in [1.82, 2.24) is 0 Å². The van der Waals surface area contributed by atoms with Crippen LogP contribution in [0.15, 0.2) is 29.6 Å². The van der Waals surface area contributed by atoms with Gasteiger partial charge in [-0.1, -0.05) is 6.07 Å². The average Bonchev–Trinajstić information content (AvgIpc) is 3.14. The summed E-state index contributed by atoms with van der Waals surface area (Å²) >= 11 is 1.30. The molecule has 0 amide bonds. The molecule has 0 radical (unpaired) electrons. The van der Waals surface area contributed by atoms with Gasteiger partial charge in [-0.2, -0.15) is 0 Å². The van der Waals surface area contributed by atoms with Gasteiger partial charge in [-0.25, -0.2) is 0 Å². The van der Waals surface area contributed by atoms with Gasteiger partial charge >= 0.3 is 5.97 Å². The highest BCUT2D eigenvalue weighted by molar-refractivity contribution is 7.12. The van der Waals surface area contributed by atoms with Crippen molar-refractivity contribution in [2.24, 2.45) is 0 Å². The molecular formula is C18H20O6S. The van der Waals surface area contributed by atoms with Crippen LogP contribution in [0, 0.1) is 0 Å². The standard InChI is InChI=1S/C18H20O6S/c1-4-24-18(21)12(8-14(20)17-6-5-7-25-17)11-9-15(22-2)16(23-3)10-13(11)19/h5-7,9-10,12,19H,4,8H2,1-3H3/t12-/m1/s1. The third-order valence-corrected chi connectivity index (χ3v) is 4.58. The smallest absolute Gasteiger partial charge is 0.314 e. The van der Waals surface area contributed by atoms with E-state index in [1.54, 1.807) is 24.4 Å². The highest BCUT2D eigenvalue weighted by Crippen LogP contribution is 2.39. The molecule has 1 atom stereocenters. The number of methoxy groups -OCH3 is 2. The second kappa shape index (κ2) is 8.53. The first-order valence-corrected chi connectivity index (χ1v) is 8.58. The SMILES string of the molecule is CCOC(=O)[C@H](CC(=O)c1cccs1)c1cc(OC)c(OC)cc1O. The summed E-state index contributed by atoms with van der Waals surface area (Å²) in [6.45, 7) is 1.86. The number of carbonyl (C=O) groups excluding carboxylic acids is 2. The molecule has 0 unspecified atom stereocenters. The molecule has 0 aliphatic heterocycles. The number of aromatic hydroxyl groups is 1. The van der Waals surface area contributed by atoms with Gasteiger partial charge in [0.25, 0.3) is 0 Å². The number of hydrogen-bond acceptors (Lipinski definition) is 7. The van der Waals surface area contributed by atoms with Crippen molar-refractivity contribution in [2.75, 3.05) is 20.8 Å². The Labute approximate surface area is 150 Å². The van der Waals surface area contributed by atoms with Crippen molar-refractivity contribution < 1.29 is 28.9 Å². The zero-order valence-corrected chi connectivity index (χ0v) is 15.1. The molecular weight excluding hydrogens is 344 g/mol. The Morgan fingerprint density at radius 2 is 1.88 bits per heavy atom. The average molecular weight is 364 g/mol. The number of thiophene rings is 1. The molecule has 1 N–H and O–H groups in total. The molecule has 0 saturated heterocycles. The van der Waals surface area contributed by atoms with Crippen molar-refractivity contribution in [3.63, 3.8) is 0 Å². The van der Waals surface area contributed by atoms with Crippen LogP contribution in [-0.2, 0) is 9.53 Å². The van der Waals surface area contributed by atoms with E-state index >= 15 is 0 Å². The van der Waals surface area contributed by atoms with Crippen LogP contribution in [0.1, 0.15) is 34.5 Å². The van der Waals surface area contributed by atoms with Crippen LogP contribution in [0.2, 0.25) is 0 Å². The van der Waals surface area contributed by atoms with Crippen molar-refractivity contribution in [2.45, 2.75) is 19.3 Å². The topological polar surface area (TPSA) is 82.1 Å². The number of ether oxygens (including phenoxy) is 3. The van der Waals surface area contributed by atoms with E-state index < -0.39 is 11.9 Å². The van der Waals surface area contributed by atoms with Crippen LogP contribution in [-0.4, -0.2) is 37.7 Å². The number of hydrogen-bond donors (Lipinski definition) is 1. The minimum Gasteiger partial charge on any atom is -0.507 e. The molecule has 0 fully saturated rings. The second-order valence-corrected chi connectivity index (χ2v) is 6.12. The summed E-state index contributed by atoms with van der Waals surface area (Å²) < 4.78 is 15.5. The van der Waals surface area contributed by atoms with E-state index in [0.29, 0.717) is 16.4 Å². The van der Waals surface area contributed by atoms with E-state index in [-0.39, 0.29) is 30.1 Å². The molecule has 0 bridgehead atoms. The predicted molar refractivity (Wildman–Crippen MR) is 93.9 cm³/mol. The van der Waals surface area contributed by atoms with Crippen molar-refractivity contribution in [3.05, 3.63) is 40.1 Å². The Hall–Kier alpha value is -2.54. The lowest BCUT2D eigenvalue weighted by Crippen LogP contribution is -2.19. The minimum atomic E-state index is -0.936. The van der Waals surface area contributed by atoms with Crippen LogP contribution in [0.25, 0.3) is 0 Å². The number of rotatable bonds is 8. The van der Waals surface area contributed by atoms with Gasteiger partial charge in [0, 0.05) is 18.1 Å². The third kappa shape index (κ3) is 4.30. The lowest BCUT2D eigenvalue weighted by molar-refractivity contribution is -0.145. The molecule has 7 heteroatoms. The summed E-state index contributed by atoms with van der Waals surface area (Å²) in [4.78, 5) is 25.4. The lowest BCUT2D eigenvalue weighted by Gasteiger charge is -2.18. The first-order chi connectivity index (χ1) is 12.0. The number of phenolic OH excluding ortho intramolecular Hbond substituents is 1. The van der Waals surface area contributed by atoms with E-state index in [4.69, 9.17) is 14.2 Å². The molecule has 134 valence electrons. The van der Waals surface area contributed by atoms with E-state index in [9.17, 15) is 14.7 Å². The van der Waals surface area contributed by atoms with Crippen LogP contribution in [0.3, 0.4) is 0 Å². The van der Waals surface area contributed by atoms with Crippen molar-refractivity contribution in [1.29, 1.82) is 0 Å². The van der Waals surface area contributed by atoms with Gasteiger partial charge in [0.05, 0.1) is 31.6 Å². The first kappa shape index (κ1) is 18.8. The zero-order chi connectivity index (χ0) is 18.4. The number of carbonyl (C=O) groups is 2. The van der Waals surface area contributed by atoms with Crippen LogP contribution in [0.4, 0.5) is 0 Å². The summed E-state index contributed by atoms with van der Waals surface area (Å²) in [5.74, 6) is -1.18. The highest BCUT2D eigenvalue weighted by atomic mass is 32.1. The monoisotopic (exact) mass is 364 g/mol. The van der Waals surface area contributed by atoms with E-state index in [1.165, 1.54) is 37.7 Å². The van der Waals surface area contributed by atoms with Gasteiger partial charge in [0.1, 0.15) is 5.75 Å². The normalized spacial score (nSPS) is 11.6. The molecule has 6 nitrogen and oxygen atoms in total. The quantitative estimate of drug-likeness (QED) is 0.571. The number of ketones is 1. The molecule has 1 heterocycles. The lowest BCUT2D eigenvalue weighted by atomic mass is 9.92. The first-order valence-electron chi connectivity index (χ1n) is 7.70. The van der Waals surface area contributed by atoms with E-state index in [1.807, 2.05) is 0 Å². The number of Topliss-reactive ketones (excluding diaryl/α,β-unsaturated/α-hetero) is 1. The molecule has 1 aromatic carbocycles. The van der Waals surface area contributed by atoms with Crippen molar-refractivity contribution in [3.8, 4) is 17.2 Å². The summed E-state index contributed by atoms with van der Waals surface area (Å²) in [5, 5.41) is 12.1. The maximum atomic E-state index is 12.5. The Balaban J connectivity index is 2.41. The van der Waals surface area contributed by atoms with Crippen LogP contribution in [0.5, 0.6) is 17.2 Å². The van der Waals surface area contributed by atoms with Gasteiger partial charge < -0.3 is 19.3 Å². The van der Waals surface area contributed by atoms with Gasteiger partial charge in [-0.3, -0.25) is 9.59 Å². The van der Waals surface area contributed by atoms with Gasteiger partial charge in [0.2, 0.25) is 0 Å². The molecule has 25 heavy (non-hydrogen) atoms. The van der Waals surface area contributed by atoms with Gasteiger partial charge in [-0.15, -0.1) is 11.3 Å².